The van der Waals surface area contributed by atoms with Crippen LogP contribution in [-0.4, -0.2) is 37.7 Å². The van der Waals surface area contributed by atoms with Gasteiger partial charge in [0.15, 0.2) is 0 Å². The number of benzene rings is 1. The van der Waals surface area contributed by atoms with E-state index in [0.29, 0.717) is 23.9 Å². The molecule has 2 unspecified atom stereocenters. The number of nitrogens with zero attached hydrogens (tertiary/aromatic N) is 1. The van der Waals surface area contributed by atoms with E-state index < -0.39 is 10.0 Å². The Bertz CT molecular complexity index is 574. The summed E-state index contributed by atoms with van der Waals surface area (Å²) < 4.78 is 31.9. The van der Waals surface area contributed by atoms with Crippen molar-refractivity contribution in [3.63, 3.8) is 0 Å². The van der Waals surface area contributed by atoms with Crippen LogP contribution in [-0.2, 0) is 10.0 Å². The maximum Gasteiger partial charge on any atom is 0.217 e. The third kappa shape index (κ3) is 4.11. The molecule has 1 aromatic rings. The number of piperidine rings is 1. The number of para-hydroxylation sites is 2. The molecule has 2 N–H and O–H groups in total. The van der Waals surface area contributed by atoms with Crippen molar-refractivity contribution in [3.8, 4) is 5.75 Å². The average molecular weight is 312 g/mol. The average Bonchev–Trinajstić information content (AvgIpc) is 2.40. The number of nitrogens with two attached hydrogens (primary N) is 1. The van der Waals surface area contributed by atoms with Gasteiger partial charge in [-0.15, -0.1) is 0 Å². The summed E-state index contributed by atoms with van der Waals surface area (Å²) in [5.74, 6) is 1.11. The molecule has 0 saturated carbocycles. The molecular weight excluding hydrogens is 288 g/mol. The number of hydrogen-bond donors (Lipinski definition) is 1. The minimum atomic E-state index is -3.27. The molecule has 0 amide bonds. The highest BCUT2D eigenvalue weighted by Gasteiger charge is 2.31. The smallest absolute Gasteiger partial charge is 0.217 e. The van der Waals surface area contributed by atoms with Crippen molar-refractivity contribution in [1.29, 1.82) is 0 Å². The molecule has 1 aliphatic heterocycles. The van der Waals surface area contributed by atoms with Gasteiger partial charge in [0.2, 0.25) is 10.0 Å². The Kier molecular flexibility index (Phi) is 5.11. The summed E-state index contributed by atoms with van der Waals surface area (Å²) in [4.78, 5) is 0. The largest absolute Gasteiger partial charge is 0.490 e. The van der Waals surface area contributed by atoms with Gasteiger partial charge >= 0.3 is 0 Å². The molecule has 1 aliphatic rings. The summed E-state index contributed by atoms with van der Waals surface area (Å²) in [7, 11) is -3.27. The predicted molar refractivity (Wildman–Crippen MR) is 84.7 cm³/mol. The fourth-order valence-electron chi connectivity index (χ4n) is 2.79. The lowest BCUT2D eigenvalue weighted by atomic mass is 9.95. The van der Waals surface area contributed by atoms with Crippen LogP contribution in [0.3, 0.4) is 0 Å². The first-order chi connectivity index (χ1) is 9.90. The van der Waals surface area contributed by atoms with Gasteiger partial charge in [-0.1, -0.05) is 19.1 Å². The van der Waals surface area contributed by atoms with Crippen LogP contribution in [0.25, 0.3) is 0 Å². The molecule has 1 fully saturated rings. The molecule has 0 bridgehead atoms. The minimum Gasteiger partial charge on any atom is -0.490 e. The van der Waals surface area contributed by atoms with E-state index in [-0.39, 0.29) is 18.4 Å². The van der Waals surface area contributed by atoms with Gasteiger partial charge in [0.25, 0.3) is 0 Å². The normalized spacial score (nSPS) is 23.9. The first-order valence-electron chi connectivity index (χ1n) is 7.37. The van der Waals surface area contributed by atoms with Crippen molar-refractivity contribution in [2.45, 2.75) is 32.7 Å². The minimum absolute atomic E-state index is 0.0138. The van der Waals surface area contributed by atoms with Crippen LogP contribution < -0.4 is 10.5 Å². The van der Waals surface area contributed by atoms with Crippen molar-refractivity contribution < 1.29 is 13.2 Å². The van der Waals surface area contributed by atoms with Crippen molar-refractivity contribution in [1.82, 2.24) is 4.31 Å². The lowest BCUT2D eigenvalue weighted by Crippen LogP contribution is -2.45. The second-order valence-electron chi connectivity index (χ2n) is 5.79. The highest BCUT2D eigenvalue weighted by atomic mass is 32.2. The Balaban J connectivity index is 1.91. The first-order valence-corrected chi connectivity index (χ1v) is 8.98. The number of rotatable bonds is 5. The van der Waals surface area contributed by atoms with E-state index in [9.17, 15) is 8.42 Å². The van der Waals surface area contributed by atoms with Crippen molar-refractivity contribution in [2.24, 2.45) is 5.92 Å². The summed E-state index contributed by atoms with van der Waals surface area (Å²) in [6, 6.07) is 7.18. The lowest BCUT2D eigenvalue weighted by Gasteiger charge is -2.35. The van der Waals surface area contributed by atoms with E-state index in [4.69, 9.17) is 10.5 Å². The second kappa shape index (κ2) is 6.66. The lowest BCUT2D eigenvalue weighted by molar-refractivity contribution is 0.218. The monoisotopic (exact) mass is 312 g/mol. The number of hydrogen-bond acceptors (Lipinski definition) is 4. The topological polar surface area (TPSA) is 72.6 Å². The van der Waals surface area contributed by atoms with Crippen LogP contribution in [0.5, 0.6) is 5.75 Å². The molecule has 2 atom stereocenters. The second-order valence-corrected chi connectivity index (χ2v) is 7.83. The van der Waals surface area contributed by atoms with Crippen LogP contribution in [0.2, 0.25) is 0 Å². The molecule has 1 saturated heterocycles. The molecule has 1 heterocycles. The van der Waals surface area contributed by atoms with E-state index in [0.717, 1.165) is 12.8 Å². The van der Waals surface area contributed by atoms with Crippen LogP contribution in [0.4, 0.5) is 5.69 Å². The van der Waals surface area contributed by atoms with E-state index >= 15 is 0 Å². The van der Waals surface area contributed by atoms with Gasteiger partial charge < -0.3 is 10.5 Å². The Hall–Kier alpha value is -1.27. The van der Waals surface area contributed by atoms with Crippen molar-refractivity contribution in [3.05, 3.63) is 24.3 Å². The Morgan fingerprint density at radius 3 is 2.71 bits per heavy atom. The Morgan fingerprint density at radius 2 is 2.05 bits per heavy atom. The highest BCUT2D eigenvalue weighted by Crippen LogP contribution is 2.25. The standard InChI is InChI=1S/C15H24N2O3S/c1-12-7-8-17(13(2)11-12)21(18,19)10-9-20-15-6-4-3-5-14(15)16/h3-6,12-13H,7-11,16H2,1-2H3. The summed E-state index contributed by atoms with van der Waals surface area (Å²) in [5, 5.41) is 0. The summed E-state index contributed by atoms with van der Waals surface area (Å²) in [6.07, 6.45) is 1.85. The molecule has 0 spiro atoms. The van der Waals surface area contributed by atoms with Crippen LogP contribution in [0.1, 0.15) is 26.7 Å². The molecule has 0 radical (unpaired) electrons. The van der Waals surface area contributed by atoms with Crippen molar-refractivity contribution in [2.75, 3.05) is 24.6 Å². The van der Waals surface area contributed by atoms with E-state index in [2.05, 4.69) is 6.92 Å². The quantitative estimate of drug-likeness (QED) is 0.845. The molecule has 0 aliphatic carbocycles. The van der Waals surface area contributed by atoms with Gasteiger partial charge in [-0.2, -0.15) is 4.31 Å². The zero-order valence-electron chi connectivity index (χ0n) is 12.7. The molecule has 2 rings (SSSR count). The third-order valence-corrected chi connectivity index (χ3v) is 5.89. The fraction of sp³-hybridized carbons (Fsp3) is 0.600. The SMILES string of the molecule is CC1CCN(S(=O)(=O)CCOc2ccccc2N)C(C)C1. The van der Waals surface area contributed by atoms with Gasteiger partial charge in [0.05, 0.1) is 11.4 Å². The summed E-state index contributed by atoms with van der Waals surface area (Å²) in [6.45, 7) is 4.87. The molecule has 21 heavy (non-hydrogen) atoms. The summed E-state index contributed by atoms with van der Waals surface area (Å²) in [5.41, 5.74) is 6.29. The van der Waals surface area contributed by atoms with Gasteiger partial charge in [-0.3, -0.25) is 0 Å². The van der Waals surface area contributed by atoms with E-state index in [1.165, 1.54) is 0 Å². The maximum atomic E-state index is 12.4. The molecule has 5 nitrogen and oxygen atoms in total. The van der Waals surface area contributed by atoms with Crippen LogP contribution >= 0.6 is 0 Å². The zero-order valence-corrected chi connectivity index (χ0v) is 13.5. The van der Waals surface area contributed by atoms with Gasteiger partial charge in [-0.25, -0.2) is 8.42 Å². The fourth-order valence-corrected chi connectivity index (χ4v) is 4.33. The highest BCUT2D eigenvalue weighted by molar-refractivity contribution is 7.89. The zero-order chi connectivity index (χ0) is 15.5. The third-order valence-electron chi connectivity index (χ3n) is 3.95. The molecule has 6 heteroatoms. The predicted octanol–water partition coefficient (Wildman–Crippen LogP) is 2.10. The van der Waals surface area contributed by atoms with Gasteiger partial charge in [0.1, 0.15) is 12.4 Å². The van der Waals surface area contributed by atoms with Gasteiger partial charge in [0, 0.05) is 12.6 Å². The Labute approximate surface area is 127 Å². The maximum absolute atomic E-state index is 12.4. The number of sulfonamides is 1. The number of nitrogen functional groups attached to an aromatic ring is 1. The van der Waals surface area contributed by atoms with E-state index in [1.807, 2.05) is 19.1 Å². The first kappa shape index (κ1) is 16.1. The molecular formula is C15H24N2O3S. The van der Waals surface area contributed by atoms with Crippen LogP contribution in [0, 0.1) is 5.92 Å². The van der Waals surface area contributed by atoms with Gasteiger partial charge in [-0.05, 0) is 37.8 Å². The molecule has 0 aromatic heterocycles. The molecule has 118 valence electrons. The Morgan fingerprint density at radius 1 is 1.33 bits per heavy atom. The van der Waals surface area contributed by atoms with Crippen molar-refractivity contribution >= 4 is 15.7 Å². The number of anilines is 1. The van der Waals surface area contributed by atoms with Crippen LogP contribution in [0.15, 0.2) is 24.3 Å². The molecule has 1 aromatic carbocycles. The van der Waals surface area contributed by atoms with E-state index in [1.54, 1.807) is 16.4 Å². The summed E-state index contributed by atoms with van der Waals surface area (Å²) >= 11 is 0. The number of ether oxygens (including phenoxy) is 1.